The first-order valence-corrected chi connectivity index (χ1v) is 15.6. The van der Waals surface area contributed by atoms with Crippen molar-refractivity contribution in [3.63, 3.8) is 0 Å². The van der Waals surface area contributed by atoms with Crippen molar-refractivity contribution in [2.75, 3.05) is 28.1 Å². The van der Waals surface area contributed by atoms with Crippen molar-refractivity contribution in [3.05, 3.63) is 53.6 Å². The number of hydrogen-bond acceptors (Lipinski definition) is 5. The van der Waals surface area contributed by atoms with Gasteiger partial charge in [0.05, 0.1) is 12.5 Å². The number of methoxy groups -OCH3 is 3. The van der Waals surface area contributed by atoms with Crippen molar-refractivity contribution in [2.24, 2.45) is 0 Å². The first-order chi connectivity index (χ1) is 19.5. The summed E-state index contributed by atoms with van der Waals surface area (Å²) in [5.41, 5.74) is 1.97. The molecule has 0 spiro atoms. The lowest BCUT2D eigenvalue weighted by Gasteiger charge is -2.51. The molecule has 2 aromatic carbocycles. The largest absolute Gasteiger partial charge is 0.497 e. The van der Waals surface area contributed by atoms with Gasteiger partial charge in [0.25, 0.3) is 0 Å². The van der Waals surface area contributed by atoms with Crippen molar-refractivity contribution in [1.29, 1.82) is 0 Å². The molecule has 5 heteroatoms. The Labute approximate surface area is 243 Å². The lowest BCUT2D eigenvalue weighted by atomic mass is 9.67. The molecule has 0 bridgehead atoms. The van der Waals surface area contributed by atoms with Crippen LogP contribution in [0.3, 0.4) is 0 Å². The van der Waals surface area contributed by atoms with E-state index >= 15 is 0 Å². The van der Waals surface area contributed by atoms with E-state index in [0.29, 0.717) is 0 Å². The molecular formula is C35H54O5. The smallest absolute Gasteiger partial charge is 0.220 e. The highest BCUT2D eigenvalue weighted by molar-refractivity contribution is 5.47. The average Bonchev–Trinajstić information content (AvgIpc) is 2.98. The summed E-state index contributed by atoms with van der Waals surface area (Å²) in [5.74, 6) is 1.66. The van der Waals surface area contributed by atoms with Crippen LogP contribution in [0.1, 0.15) is 115 Å². The molecule has 0 aliphatic carbocycles. The van der Waals surface area contributed by atoms with E-state index < -0.39 is 5.79 Å². The molecule has 1 aliphatic heterocycles. The van der Waals surface area contributed by atoms with Gasteiger partial charge in [-0.3, -0.25) is 0 Å². The lowest BCUT2D eigenvalue weighted by Crippen LogP contribution is -2.59. The summed E-state index contributed by atoms with van der Waals surface area (Å²) >= 11 is 0. The Hall–Kier alpha value is -2.24. The predicted octanol–water partition coefficient (Wildman–Crippen LogP) is 9.39. The topological polar surface area (TPSA) is 46.2 Å². The third-order valence-corrected chi connectivity index (χ3v) is 8.71. The minimum absolute atomic E-state index is 0.232. The molecule has 0 radical (unpaired) electrons. The van der Waals surface area contributed by atoms with Gasteiger partial charge in [-0.1, -0.05) is 102 Å². The first kappa shape index (κ1) is 32.3. The third kappa shape index (κ3) is 8.63. The van der Waals surface area contributed by atoms with Gasteiger partial charge in [-0.05, 0) is 49.1 Å². The van der Waals surface area contributed by atoms with E-state index in [4.69, 9.17) is 23.7 Å². The van der Waals surface area contributed by atoms with E-state index in [9.17, 15) is 0 Å². The Bertz CT molecular complexity index is 974. The Morgan fingerprint density at radius 2 is 1.30 bits per heavy atom. The van der Waals surface area contributed by atoms with Crippen LogP contribution in [-0.2, 0) is 21.3 Å². The summed E-state index contributed by atoms with van der Waals surface area (Å²) in [7, 11) is 5.12. The summed E-state index contributed by atoms with van der Waals surface area (Å²) in [4.78, 5) is 0. The summed E-state index contributed by atoms with van der Waals surface area (Å²) < 4.78 is 29.4. The van der Waals surface area contributed by atoms with Crippen molar-refractivity contribution in [2.45, 2.75) is 121 Å². The van der Waals surface area contributed by atoms with E-state index in [0.717, 1.165) is 36.5 Å². The van der Waals surface area contributed by atoms with Gasteiger partial charge in [0, 0.05) is 26.7 Å². The Kier molecular flexibility index (Phi) is 13.6. The third-order valence-electron chi connectivity index (χ3n) is 8.71. The Morgan fingerprint density at radius 1 is 0.725 bits per heavy atom. The molecule has 2 aromatic rings. The normalized spacial score (nSPS) is 20.1. The first-order valence-electron chi connectivity index (χ1n) is 15.6. The van der Waals surface area contributed by atoms with Crippen LogP contribution < -0.4 is 14.2 Å². The molecule has 0 fully saturated rings. The van der Waals surface area contributed by atoms with E-state index in [1.165, 1.54) is 88.2 Å². The summed E-state index contributed by atoms with van der Waals surface area (Å²) in [6.45, 7) is 4.79. The molecule has 224 valence electrons. The highest BCUT2D eigenvalue weighted by atomic mass is 16.7. The highest BCUT2D eigenvalue weighted by Gasteiger charge is 2.55. The SMILES string of the molecule is CCCCCCCCCCCCCCCC1(OC)Oc2cc(OC)ccc2CC1(C)c1ccc(OCOC)cc1. The standard InChI is InChI=1S/C35H54O5/c1-6-7-8-9-10-11-12-13-14-15-16-17-18-25-35(38-5)34(2,30-20-23-31(24-21-30)39-28-36-3)27-29-19-22-32(37-4)26-33(29)40-35/h19-24,26H,6-18,25,27-28H2,1-5H3. The van der Waals surface area contributed by atoms with Crippen LogP contribution >= 0.6 is 0 Å². The molecule has 3 rings (SSSR count). The van der Waals surface area contributed by atoms with Crippen LogP contribution in [0.5, 0.6) is 17.2 Å². The van der Waals surface area contributed by atoms with Crippen molar-refractivity contribution < 1.29 is 23.7 Å². The van der Waals surface area contributed by atoms with Crippen molar-refractivity contribution in [3.8, 4) is 17.2 Å². The maximum Gasteiger partial charge on any atom is 0.220 e. The molecule has 0 N–H and O–H groups in total. The fourth-order valence-electron chi connectivity index (χ4n) is 6.15. The minimum atomic E-state index is -0.779. The van der Waals surface area contributed by atoms with Crippen LogP contribution in [0, 0.1) is 0 Å². The Balaban J connectivity index is 1.60. The molecule has 2 atom stereocenters. The molecule has 1 aliphatic rings. The van der Waals surface area contributed by atoms with Crippen molar-refractivity contribution in [1.82, 2.24) is 0 Å². The van der Waals surface area contributed by atoms with E-state index in [2.05, 4.69) is 32.0 Å². The second kappa shape index (κ2) is 16.9. The molecule has 0 saturated carbocycles. The number of rotatable bonds is 20. The second-order valence-electron chi connectivity index (χ2n) is 11.6. The van der Waals surface area contributed by atoms with Gasteiger partial charge < -0.3 is 23.7 Å². The monoisotopic (exact) mass is 554 g/mol. The zero-order valence-electron chi connectivity index (χ0n) is 25.9. The molecule has 2 unspecified atom stereocenters. The van der Waals surface area contributed by atoms with E-state index in [-0.39, 0.29) is 12.2 Å². The molecular weight excluding hydrogens is 500 g/mol. The average molecular weight is 555 g/mol. The van der Waals surface area contributed by atoms with E-state index in [1.807, 2.05) is 24.3 Å². The van der Waals surface area contributed by atoms with Crippen LogP contribution in [0.25, 0.3) is 0 Å². The van der Waals surface area contributed by atoms with Crippen LogP contribution in [0.4, 0.5) is 0 Å². The molecule has 1 heterocycles. The van der Waals surface area contributed by atoms with Gasteiger partial charge in [0.2, 0.25) is 5.79 Å². The fourth-order valence-corrected chi connectivity index (χ4v) is 6.15. The van der Waals surface area contributed by atoms with Gasteiger partial charge in [-0.25, -0.2) is 0 Å². The fraction of sp³-hybridized carbons (Fsp3) is 0.657. The van der Waals surface area contributed by atoms with E-state index in [1.54, 1.807) is 21.3 Å². The van der Waals surface area contributed by atoms with Gasteiger partial charge in [-0.15, -0.1) is 0 Å². The van der Waals surface area contributed by atoms with Gasteiger partial charge in [0.15, 0.2) is 6.79 Å². The second-order valence-corrected chi connectivity index (χ2v) is 11.6. The molecule has 5 nitrogen and oxygen atoms in total. The number of fused-ring (bicyclic) bond motifs is 1. The molecule has 0 aromatic heterocycles. The summed E-state index contributed by atoms with van der Waals surface area (Å²) in [5, 5.41) is 0. The van der Waals surface area contributed by atoms with Crippen LogP contribution in [0.2, 0.25) is 0 Å². The predicted molar refractivity (Wildman–Crippen MR) is 164 cm³/mol. The molecule has 0 amide bonds. The summed E-state index contributed by atoms with van der Waals surface area (Å²) in [6, 6.07) is 14.4. The quantitative estimate of drug-likeness (QED) is 0.120. The lowest BCUT2D eigenvalue weighted by molar-refractivity contribution is -0.223. The molecule has 40 heavy (non-hydrogen) atoms. The molecule has 0 saturated heterocycles. The maximum absolute atomic E-state index is 6.83. The zero-order chi connectivity index (χ0) is 28.7. The van der Waals surface area contributed by atoms with Crippen LogP contribution in [0.15, 0.2) is 42.5 Å². The van der Waals surface area contributed by atoms with Crippen molar-refractivity contribution >= 4 is 0 Å². The Morgan fingerprint density at radius 3 is 1.85 bits per heavy atom. The summed E-state index contributed by atoms with van der Waals surface area (Å²) in [6.07, 6.45) is 19.0. The number of ether oxygens (including phenoxy) is 5. The van der Waals surface area contributed by atoms with Crippen LogP contribution in [-0.4, -0.2) is 33.9 Å². The minimum Gasteiger partial charge on any atom is -0.497 e. The zero-order valence-corrected chi connectivity index (χ0v) is 25.9. The maximum atomic E-state index is 6.83. The van der Waals surface area contributed by atoms with Gasteiger partial charge in [0.1, 0.15) is 17.2 Å². The number of unbranched alkanes of at least 4 members (excludes halogenated alkanes) is 12. The number of benzene rings is 2. The number of hydrogen-bond donors (Lipinski definition) is 0. The van der Waals surface area contributed by atoms with Gasteiger partial charge in [-0.2, -0.15) is 0 Å². The van der Waals surface area contributed by atoms with Gasteiger partial charge >= 0.3 is 0 Å². The highest BCUT2D eigenvalue weighted by Crippen LogP contribution is 2.50.